The lowest BCUT2D eigenvalue weighted by atomic mass is 9.98. The van der Waals surface area contributed by atoms with Gasteiger partial charge in [-0.25, -0.2) is 0 Å². The number of ether oxygens (including phenoxy) is 2. The van der Waals surface area contributed by atoms with Crippen LogP contribution in [-0.4, -0.2) is 31.2 Å². The van der Waals surface area contributed by atoms with Gasteiger partial charge < -0.3 is 9.47 Å². The normalized spacial score (nSPS) is 21.9. The van der Waals surface area contributed by atoms with Crippen molar-refractivity contribution < 1.29 is 14.3 Å². The van der Waals surface area contributed by atoms with Gasteiger partial charge in [0.2, 0.25) is 0 Å². The van der Waals surface area contributed by atoms with E-state index < -0.39 is 0 Å². The van der Waals surface area contributed by atoms with E-state index >= 15 is 0 Å². The average molecular weight is 214 g/mol. The SMILES string of the molecule is COC(C)(C)CC(=O)CCC1CCCO1. The third kappa shape index (κ3) is 4.76. The second-order valence-electron chi connectivity index (χ2n) is 4.85. The molecule has 0 saturated carbocycles. The highest BCUT2D eigenvalue weighted by molar-refractivity contribution is 5.79. The zero-order chi connectivity index (χ0) is 11.3. The molecule has 1 saturated heterocycles. The summed E-state index contributed by atoms with van der Waals surface area (Å²) in [6.07, 6.45) is 4.56. The Morgan fingerprint density at radius 1 is 1.53 bits per heavy atom. The summed E-state index contributed by atoms with van der Waals surface area (Å²) in [5.74, 6) is 0.275. The van der Waals surface area contributed by atoms with Crippen molar-refractivity contribution in [3.05, 3.63) is 0 Å². The fourth-order valence-electron chi connectivity index (χ4n) is 1.83. The summed E-state index contributed by atoms with van der Waals surface area (Å²) in [4.78, 5) is 11.6. The van der Waals surface area contributed by atoms with Crippen LogP contribution in [-0.2, 0) is 14.3 Å². The predicted molar refractivity (Wildman–Crippen MR) is 58.9 cm³/mol. The van der Waals surface area contributed by atoms with Crippen molar-refractivity contribution in [2.24, 2.45) is 0 Å². The standard InChI is InChI=1S/C12H22O3/c1-12(2,14-3)9-10(13)6-7-11-5-4-8-15-11/h11H,4-9H2,1-3H3. The number of hydrogen-bond acceptors (Lipinski definition) is 3. The molecule has 3 heteroatoms. The Morgan fingerprint density at radius 2 is 2.27 bits per heavy atom. The number of methoxy groups -OCH3 is 1. The summed E-state index contributed by atoms with van der Waals surface area (Å²) in [6, 6.07) is 0. The van der Waals surface area contributed by atoms with Crippen LogP contribution in [0.15, 0.2) is 0 Å². The Balaban J connectivity index is 2.18. The van der Waals surface area contributed by atoms with Crippen LogP contribution in [0.4, 0.5) is 0 Å². The molecule has 0 radical (unpaired) electrons. The summed E-state index contributed by atoms with van der Waals surface area (Å²) >= 11 is 0. The van der Waals surface area contributed by atoms with Gasteiger partial charge in [0.1, 0.15) is 5.78 Å². The predicted octanol–water partition coefficient (Wildman–Crippen LogP) is 2.33. The van der Waals surface area contributed by atoms with Crippen molar-refractivity contribution in [1.82, 2.24) is 0 Å². The molecular formula is C12H22O3. The molecule has 0 aromatic heterocycles. The lowest BCUT2D eigenvalue weighted by molar-refractivity contribution is -0.124. The lowest BCUT2D eigenvalue weighted by Gasteiger charge is -2.22. The number of ketones is 1. The van der Waals surface area contributed by atoms with Gasteiger partial charge in [-0.1, -0.05) is 0 Å². The third-order valence-corrected chi connectivity index (χ3v) is 2.94. The van der Waals surface area contributed by atoms with Crippen LogP contribution < -0.4 is 0 Å². The molecule has 1 unspecified atom stereocenters. The molecule has 0 N–H and O–H groups in total. The Hall–Kier alpha value is -0.410. The molecule has 1 atom stereocenters. The van der Waals surface area contributed by atoms with Crippen LogP contribution in [0.25, 0.3) is 0 Å². The number of carbonyl (C=O) groups excluding carboxylic acids is 1. The molecule has 1 aliphatic heterocycles. The molecule has 88 valence electrons. The largest absolute Gasteiger partial charge is 0.378 e. The summed E-state index contributed by atoms with van der Waals surface area (Å²) in [5.41, 5.74) is -0.326. The Labute approximate surface area is 92.1 Å². The summed E-state index contributed by atoms with van der Waals surface area (Å²) in [7, 11) is 1.65. The van der Waals surface area contributed by atoms with Gasteiger partial charge in [-0.05, 0) is 33.1 Å². The Kier molecular flexibility index (Phi) is 4.74. The third-order valence-electron chi connectivity index (χ3n) is 2.94. The van der Waals surface area contributed by atoms with Crippen LogP contribution in [0.3, 0.4) is 0 Å². The van der Waals surface area contributed by atoms with Crippen LogP contribution in [0.1, 0.15) is 46.0 Å². The fraction of sp³-hybridized carbons (Fsp3) is 0.917. The molecule has 1 aliphatic rings. The molecule has 0 aromatic rings. The van der Waals surface area contributed by atoms with Gasteiger partial charge in [0.25, 0.3) is 0 Å². The molecule has 0 aliphatic carbocycles. The topological polar surface area (TPSA) is 35.5 Å². The molecule has 15 heavy (non-hydrogen) atoms. The summed E-state index contributed by atoms with van der Waals surface area (Å²) in [5, 5.41) is 0. The first-order valence-electron chi connectivity index (χ1n) is 5.72. The van der Waals surface area contributed by atoms with E-state index in [0.29, 0.717) is 18.9 Å². The molecule has 3 nitrogen and oxygen atoms in total. The fourth-order valence-corrected chi connectivity index (χ4v) is 1.83. The van der Waals surface area contributed by atoms with E-state index in [2.05, 4.69) is 0 Å². The highest BCUT2D eigenvalue weighted by Crippen LogP contribution is 2.19. The van der Waals surface area contributed by atoms with E-state index in [-0.39, 0.29) is 11.4 Å². The van der Waals surface area contributed by atoms with E-state index in [9.17, 15) is 4.79 Å². The van der Waals surface area contributed by atoms with Gasteiger partial charge in [-0.2, -0.15) is 0 Å². The first-order valence-corrected chi connectivity index (χ1v) is 5.72. The lowest BCUT2D eigenvalue weighted by Crippen LogP contribution is -2.26. The molecule has 0 spiro atoms. The van der Waals surface area contributed by atoms with E-state index in [1.54, 1.807) is 7.11 Å². The van der Waals surface area contributed by atoms with Gasteiger partial charge in [0, 0.05) is 26.6 Å². The van der Waals surface area contributed by atoms with Gasteiger partial charge in [-0.3, -0.25) is 4.79 Å². The number of hydrogen-bond donors (Lipinski definition) is 0. The van der Waals surface area contributed by atoms with Gasteiger partial charge in [0.05, 0.1) is 11.7 Å². The molecule has 1 rings (SSSR count). The Bertz CT molecular complexity index is 205. The van der Waals surface area contributed by atoms with Crippen molar-refractivity contribution >= 4 is 5.78 Å². The van der Waals surface area contributed by atoms with Crippen molar-refractivity contribution in [2.75, 3.05) is 13.7 Å². The molecule has 1 heterocycles. The van der Waals surface area contributed by atoms with E-state index in [4.69, 9.17) is 9.47 Å². The van der Waals surface area contributed by atoms with Gasteiger partial charge in [-0.15, -0.1) is 0 Å². The van der Waals surface area contributed by atoms with Crippen LogP contribution in [0, 0.1) is 0 Å². The molecule has 1 fully saturated rings. The zero-order valence-corrected chi connectivity index (χ0v) is 10.0. The maximum Gasteiger partial charge on any atom is 0.135 e. The first-order chi connectivity index (χ1) is 7.03. The second-order valence-corrected chi connectivity index (χ2v) is 4.85. The minimum Gasteiger partial charge on any atom is -0.378 e. The van der Waals surface area contributed by atoms with Crippen LogP contribution in [0.2, 0.25) is 0 Å². The summed E-state index contributed by atoms with van der Waals surface area (Å²) < 4.78 is 10.7. The van der Waals surface area contributed by atoms with E-state index in [1.165, 1.54) is 0 Å². The second kappa shape index (κ2) is 5.61. The smallest absolute Gasteiger partial charge is 0.135 e. The quantitative estimate of drug-likeness (QED) is 0.680. The maximum atomic E-state index is 11.6. The molecule has 0 aromatic carbocycles. The summed E-state index contributed by atoms with van der Waals surface area (Å²) in [6.45, 7) is 4.75. The molecular weight excluding hydrogens is 192 g/mol. The number of rotatable bonds is 6. The van der Waals surface area contributed by atoms with Crippen LogP contribution >= 0.6 is 0 Å². The minimum absolute atomic E-state index is 0.275. The average Bonchev–Trinajstić information content (AvgIpc) is 2.66. The minimum atomic E-state index is -0.326. The molecule has 0 bridgehead atoms. The van der Waals surface area contributed by atoms with E-state index in [1.807, 2.05) is 13.8 Å². The number of carbonyl (C=O) groups is 1. The van der Waals surface area contributed by atoms with Crippen molar-refractivity contribution in [3.8, 4) is 0 Å². The van der Waals surface area contributed by atoms with E-state index in [0.717, 1.165) is 25.9 Å². The first kappa shape index (κ1) is 12.7. The highest BCUT2D eigenvalue weighted by atomic mass is 16.5. The Morgan fingerprint density at radius 3 is 2.80 bits per heavy atom. The monoisotopic (exact) mass is 214 g/mol. The molecule has 0 amide bonds. The number of Topliss-reactive ketones (excluding diaryl/α,β-unsaturated/α-hetero) is 1. The zero-order valence-electron chi connectivity index (χ0n) is 10.0. The van der Waals surface area contributed by atoms with Crippen LogP contribution in [0.5, 0.6) is 0 Å². The van der Waals surface area contributed by atoms with Crippen molar-refractivity contribution in [1.29, 1.82) is 0 Å². The van der Waals surface area contributed by atoms with Crippen molar-refractivity contribution in [2.45, 2.75) is 57.7 Å². The highest BCUT2D eigenvalue weighted by Gasteiger charge is 2.22. The maximum absolute atomic E-state index is 11.6. The van der Waals surface area contributed by atoms with Gasteiger partial charge >= 0.3 is 0 Å². The van der Waals surface area contributed by atoms with Crippen molar-refractivity contribution in [3.63, 3.8) is 0 Å². The van der Waals surface area contributed by atoms with Gasteiger partial charge in [0.15, 0.2) is 0 Å².